The van der Waals surface area contributed by atoms with E-state index in [9.17, 15) is 0 Å². The highest BCUT2D eigenvalue weighted by atomic mass is 79.9. The van der Waals surface area contributed by atoms with E-state index in [0.29, 0.717) is 6.54 Å². The second-order valence-electron chi connectivity index (χ2n) is 4.95. The molecule has 0 spiro atoms. The summed E-state index contributed by atoms with van der Waals surface area (Å²) in [6, 6.07) is 12.1. The first-order valence-corrected chi connectivity index (χ1v) is 8.64. The molecular formula is C16H16Br2N2O2. The van der Waals surface area contributed by atoms with Crippen molar-refractivity contribution in [2.24, 2.45) is 0 Å². The molecule has 0 aliphatic carbocycles. The predicted octanol–water partition coefficient (Wildman–Crippen LogP) is 4.04. The average Bonchev–Trinajstić information content (AvgIpc) is 2.50. The van der Waals surface area contributed by atoms with Gasteiger partial charge in [-0.05, 0) is 36.4 Å². The highest BCUT2D eigenvalue weighted by Gasteiger charge is 2.24. The van der Waals surface area contributed by atoms with Gasteiger partial charge in [0, 0.05) is 28.6 Å². The van der Waals surface area contributed by atoms with Crippen LogP contribution < -0.4 is 15.0 Å². The minimum Gasteiger partial charge on any atom is -0.453 e. The first-order chi connectivity index (χ1) is 10.7. The van der Waals surface area contributed by atoms with Crippen LogP contribution in [0.3, 0.4) is 0 Å². The van der Waals surface area contributed by atoms with E-state index in [1.807, 2.05) is 24.3 Å². The van der Waals surface area contributed by atoms with Crippen molar-refractivity contribution < 1.29 is 9.84 Å². The van der Waals surface area contributed by atoms with Gasteiger partial charge in [0.15, 0.2) is 11.5 Å². The van der Waals surface area contributed by atoms with E-state index in [-0.39, 0.29) is 6.61 Å². The zero-order valence-corrected chi connectivity index (χ0v) is 15.0. The van der Waals surface area contributed by atoms with Crippen molar-refractivity contribution in [3.05, 3.63) is 45.3 Å². The zero-order chi connectivity index (χ0) is 15.5. The molecule has 0 amide bonds. The average molecular weight is 428 g/mol. The minimum atomic E-state index is 0.149. The Hall–Kier alpha value is -1.08. The number of hydrogen-bond acceptors (Lipinski definition) is 4. The van der Waals surface area contributed by atoms with Crippen molar-refractivity contribution in [2.45, 2.75) is 0 Å². The number of aliphatic hydroxyl groups is 1. The van der Waals surface area contributed by atoms with E-state index in [2.05, 4.69) is 54.2 Å². The molecule has 0 saturated carbocycles. The van der Waals surface area contributed by atoms with Crippen molar-refractivity contribution in [3.8, 4) is 11.5 Å². The molecule has 116 valence electrons. The van der Waals surface area contributed by atoms with Crippen molar-refractivity contribution in [3.63, 3.8) is 0 Å². The van der Waals surface area contributed by atoms with Crippen molar-refractivity contribution in [1.82, 2.24) is 5.32 Å². The Morgan fingerprint density at radius 2 is 1.55 bits per heavy atom. The van der Waals surface area contributed by atoms with Crippen LogP contribution in [0, 0.1) is 0 Å². The third-order valence-electron chi connectivity index (χ3n) is 3.45. The van der Waals surface area contributed by atoms with Crippen LogP contribution in [-0.4, -0.2) is 31.3 Å². The number of benzene rings is 2. The Kier molecular flexibility index (Phi) is 5.03. The van der Waals surface area contributed by atoms with Gasteiger partial charge >= 0.3 is 0 Å². The zero-order valence-electron chi connectivity index (χ0n) is 11.9. The van der Waals surface area contributed by atoms with Gasteiger partial charge in [0.2, 0.25) is 0 Å². The highest BCUT2D eigenvalue weighted by Crippen LogP contribution is 2.47. The number of hydrogen-bond donors (Lipinski definition) is 2. The van der Waals surface area contributed by atoms with Gasteiger partial charge in [-0.15, -0.1) is 0 Å². The van der Waals surface area contributed by atoms with Crippen LogP contribution in [0.25, 0.3) is 0 Å². The van der Waals surface area contributed by atoms with Crippen LogP contribution in [-0.2, 0) is 0 Å². The molecule has 1 aliphatic rings. The molecule has 2 N–H and O–H groups in total. The summed E-state index contributed by atoms with van der Waals surface area (Å²) in [6.45, 7) is 2.33. The SMILES string of the molecule is OCCNCCN1c2ccc(Br)cc2Oc2cc(Br)ccc21. The molecule has 0 radical (unpaired) electrons. The Labute approximate surface area is 146 Å². The topological polar surface area (TPSA) is 44.7 Å². The quantitative estimate of drug-likeness (QED) is 0.707. The molecule has 1 heterocycles. The Morgan fingerprint density at radius 1 is 0.955 bits per heavy atom. The van der Waals surface area contributed by atoms with Crippen molar-refractivity contribution in [1.29, 1.82) is 0 Å². The summed E-state index contributed by atoms with van der Waals surface area (Å²) in [6.07, 6.45) is 0. The van der Waals surface area contributed by atoms with E-state index >= 15 is 0 Å². The van der Waals surface area contributed by atoms with Gasteiger partial charge in [-0.3, -0.25) is 0 Å². The van der Waals surface area contributed by atoms with E-state index < -0.39 is 0 Å². The second-order valence-corrected chi connectivity index (χ2v) is 6.78. The summed E-state index contributed by atoms with van der Waals surface area (Å²) >= 11 is 6.98. The lowest BCUT2D eigenvalue weighted by molar-refractivity contribution is 0.293. The van der Waals surface area contributed by atoms with Crippen LogP contribution >= 0.6 is 31.9 Å². The maximum absolute atomic E-state index is 8.87. The number of ether oxygens (including phenoxy) is 1. The van der Waals surface area contributed by atoms with Gasteiger partial charge in [-0.25, -0.2) is 0 Å². The molecule has 3 rings (SSSR count). The maximum atomic E-state index is 8.87. The number of rotatable bonds is 5. The van der Waals surface area contributed by atoms with Crippen LogP contribution in [0.2, 0.25) is 0 Å². The normalized spacial score (nSPS) is 12.6. The molecule has 6 heteroatoms. The van der Waals surface area contributed by atoms with E-state index in [4.69, 9.17) is 9.84 Å². The van der Waals surface area contributed by atoms with Crippen molar-refractivity contribution >= 4 is 43.2 Å². The number of nitrogens with zero attached hydrogens (tertiary/aromatic N) is 1. The third kappa shape index (κ3) is 3.30. The molecule has 2 aromatic carbocycles. The van der Waals surface area contributed by atoms with Gasteiger partial charge in [-0.1, -0.05) is 31.9 Å². The number of anilines is 2. The highest BCUT2D eigenvalue weighted by molar-refractivity contribution is 9.10. The first-order valence-electron chi connectivity index (χ1n) is 7.05. The number of aliphatic hydroxyl groups excluding tert-OH is 1. The van der Waals surface area contributed by atoms with Gasteiger partial charge in [-0.2, -0.15) is 0 Å². The number of halogens is 2. The van der Waals surface area contributed by atoms with Gasteiger partial charge in [0.25, 0.3) is 0 Å². The molecule has 2 aromatic rings. The van der Waals surface area contributed by atoms with Crippen LogP contribution in [0.15, 0.2) is 45.3 Å². The summed E-state index contributed by atoms with van der Waals surface area (Å²) < 4.78 is 8.01. The largest absolute Gasteiger partial charge is 0.453 e. The number of nitrogens with one attached hydrogen (secondary N) is 1. The molecule has 0 saturated heterocycles. The number of fused-ring (bicyclic) bond motifs is 2. The van der Waals surface area contributed by atoms with Gasteiger partial charge < -0.3 is 20.1 Å². The van der Waals surface area contributed by atoms with Crippen LogP contribution in [0.4, 0.5) is 11.4 Å². The molecule has 22 heavy (non-hydrogen) atoms. The van der Waals surface area contributed by atoms with Crippen LogP contribution in [0.5, 0.6) is 11.5 Å². The summed E-state index contributed by atoms with van der Waals surface area (Å²) in [4.78, 5) is 2.23. The fraction of sp³-hybridized carbons (Fsp3) is 0.250. The lowest BCUT2D eigenvalue weighted by Gasteiger charge is -2.33. The summed E-state index contributed by atoms with van der Waals surface area (Å²) in [5.41, 5.74) is 2.09. The molecular weight excluding hydrogens is 412 g/mol. The summed E-state index contributed by atoms with van der Waals surface area (Å²) in [7, 11) is 0. The Morgan fingerprint density at radius 3 is 2.09 bits per heavy atom. The summed E-state index contributed by atoms with van der Waals surface area (Å²) in [5.74, 6) is 1.67. The molecule has 4 nitrogen and oxygen atoms in total. The third-order valence-corrected chi connectivity index (χ3v) is 4.43. The van der Waals surface area contributed by atoms with Crippen molar-refractivity contribution in [2.75, 3.05) is 31.1 Å². The van der Waals surface area contributed by atoms with Crippen LogP contribution in [0.1, 0.15) is 0 Å². The van der Waals surface area contributed by atoms with Gasteiger partial charge in [0.1, 0.15) is 0 Å². The molecule has 0 atom stereocenters. The monoisotopic (exact) mass is 426 g/mol. The van der Waals surface area contributed by atoms with E-state index in [1.165, 1.54) is 0 Å². The van der Waals surface area contributed by atoms with E-state index in [1.54, 1.807) is 0 Å². The minimum absolute atomic E-state index is 0.149. The summed E-state index contributed by atoms with van der Waals surface area (Å²) in [5, 5.41) is 12.1. The molecule has 0 unspecified atom stereocenters. The fourth-order valence-corrected chi connectivity index (χ4v) is 3.15. The van der Waals surface area contributed by atoms with E-state index in [0.717, 1.165) is 44.9 Å². The maximum Gasteiger partial charge on any atom is 0.152 e. The lowest BCUT2D eigenvalue weighted by atomic mass is 10.1. The standard InChI is InChI=1S/C16H16Br2N2O2/c17-11-1-3-13-15(9-11)22-16-10-12(18)2-4-14(16)20(13)7-5-19-6-8-21/h1-4,9-10,19,21H,5-8H2. The predicted molar refractivity (Wildman–Crippen MR) is 95.3 cm³/mol. The Bertz CT molecular complexity index is 628. The molecule has 0 bridgehead atoms. The second kappa shape index (κ2) is 7.00. The molecule has 1 aliphatic heterocycles. The first kappa shape index (κ1) is 15.8. The lowest BCUT2D eigenvalue weighted by Crippen LogP contribution is -2.31. The van der Waals surface area contributed by atoms with Gasteiger partial charge in [0.05, 0.1) is 18.0 Å². The smallest absolute Gasteiger partial charge is 0.152 e. The molecule has 0 aromatic heterocycles. The fourth-order valence-electron chi connectivity index (χ4n) is 2.47. The Balaban J connectivity index is 1.93. The molecule has 0 fully saturated rings.